The van der Waals surface area contributed by atoms with E-state index >= 15 is 0 Å². The lowest BCUT2D eigenvalue weighted by atomic mass is 10.2. The summed E-state index contributed by atoms with van der Waals surface area (Å²) in [7, 11) is 0. The van der Waals surface area contributed by atoms with Crippen molar-refractivity contribution < 1.29 is 4.74 Å². The van der Waals surface area contributed by atoms with Gasteiger partial charge in [0.2, 0.25) is 5.88 Å². The van der Waals surface area contributed by atoms with E-state index in [2.05, 4.69) is 21.5 Å². The minimum absolute atomic E-state index is 0.456. The topological polar surface area (TPSA) is 73.1 Å². The quantitative estimate of drug-likeness (QED) is 0.671. The van der Waals surface area contributed by atoms with E-state index in [0.717, 1.165) is 13.0 Å². The number of ether oxygens (including phenoxy) is 1. The zero-order valence-corrected chi connectivity index (χ0v) is 11.9. The zero-order chi connectivity index (χ0) is 13.2. The summed E-state index contributed by atoms with van der Waals surface area (Å²) in [5.41, 5.74) is 6.41. The number of hydrogen-bond acceptors (Lipinski definition) is 6. The minimum atomic E-state index is 0.456. The highest BCUT2D eigenvalue weighted by atomic mass is 32.2. The molecule has 0 amide bonds. The van der Waals surface area contributed by atoms with E-state index in [1.165, 1.54) is 24.9 Å². The van der Waals surface area contributed by atoms with Crippen LogP contribution in [0.1, 0.15) is 26.2 Å². The summed E-state index contributed by atoms with van der Waals surface area (Å²) in [6.45, 7) is 3.33. The molecule has 1 rings (SSSR count). The molecule has 6 heteroatoms. The molecule has 0 unspecified atom stereocenters. The molecule has 0 bridgehead atoms. The Hall–Kier alpha value is -1.17. The van der Waals surface area contributed by atoms with Gasteiger partial charge in [-0.15, -0.1) is 0 Å². The van der Waals surface area contributed by atoms with Crippen LogP contribution in [0.15, 0.2) is 6.33 Å². The summed E-state index contributed by atoms with van der Waals surface area (Å²) < 4.78 is 5.32. The van der Waals surface area contributed by atoms with E-state index in [1.807, 2.05) is 18.7 Å². The molecule has 102 valence electrons. The van der Waals surface area contributed by atoms with Crippen molar-refractivity contribution >= 4 is 23.3 Å². The number of nitrogen functional groups attached to an aromatic ring is 1. The maximum Gasteiger partial charge on any atom is 0.242 e. The third-order valence-corrected chi connectivity index (χ3v) is 3.14. The average molecular weight is 270 g/mol. The van der Waals surface area contributed by atoms with Gasteiger partial charge in [0.25, 0.3) is 0 Å². The SMILES string of the molecule is CCOc1ncnc(NCCCCCSC)c1N. The van der Waals surface area contributed by atoms with Crippen LogP contribution in [0.2, 0.25) is 0 Å². The van der Waals surface area contributed by atoms with Gasteiger partial charge in [-0.25, -0.2) is 4.98 Å². The number of nitrogens with zero attached hydrogens (tertiary/aromatic N) is 2. The van der Waals surface area contributed by atoms with Crippen molar-refractivity contribution in [2.45, 2.75) is 26.2 Å². The highest BCUT2D eigenvalue weighted by Crippen LogP contribution is 2.24. The molecule has 0 radical (unpaired) electrons. The fourth-order valence-electron chi connectivity index (χ4n) is 1.53. The van der Waals surface area contributed by atoms with Gasteiger partial charge in [0, 0.05) is 6.54 Å². The Kier molecular flexibility index (Phi) is 7.32. The summed E-state index contributed by atoms with van der Waals surface area (Å²) in [6.07, 6.45) is 7.20. The highest BCUT2D eigenvalue weighted by molar-refractivity contribution is 7.98. The van der Waals surface area contributed by atoms with Gasteiger partial charge in [0.15, 0.2) is 5.82 Å². The van der Waals surface area contributed by atoms with Crippen molar-refractivity contribution in [3.63, 3.8) is 0 Å². The summed E-state index contributed by atoms with van der Waals surface area (Å²) in [5.74, 6) is 2.35. The van der Waals surface area contributed by atoms with E-state index in [4.69, 9.17) is 10.5 Å². The average Bonchev–Trinajstić information content (AvgIpc) is 2.38. The Morgan fingerprint density at radius 3 is 2.89 bits per heavy atom. The maximum absolute atomic E-state index is 5.92. The smallest absolute Gasteiger partial charge is 0.242 e. The summed E-state index contributed by atoms with van der Waals surface area (Å²) >= 11 is 1.89. The third kappa shape index (κ3) is 5.00. The summed E-state index contributed by atoms with van der Waals surface area (Å²) in [4.78, 5) is 8.12. The van der Waals surface area contributed by atoms with E-state index in [9.17, 15) is 0 Å². The predicted octanol–water partition coefficient (Wildman–Crippen LogP) is 2.40. The molecular formula is C12H22N4OS. The number of nitrogens with two attached hydrogens (primary N) is 1. The molecule has 5 nitrogen and oxygen atoms in total. The van der Waals surface area contributed by atoms with Gasteiger partial charge < -0.3 is 15.8 Å². The molecule has 0 aromatic carbocycles. The molecule has 1 aromatic rings. The molecular weight excluding hydrogens is 248 g/mol. The first kappa shape index (κ1) is 14.9. The first-order valence-electron chi connectivity index (χ1n) is 6.25. The van der Waals surface area contributed by atoms with E-state index in [-0.39, 0.29) is 0 Å². The second-order valence-electron chi connectivity index (χ2n) is 3.85. The van der Waals surface area contributed by atoms with Crippen molar-refractivity contribution in [3.05, 3.63) is 6.33 Å². The molecule has 1 aromatic heterocycles. The molecule has 3 N–H and O–H groups in total. The van der Waals surface area contributed by atoms with Crippen LogP contribution in [0.5, 0.6) is 5.88 Å². The number of unbranched alkanes of at least 4 members (excludes halogenated alkanes) is 2. The molecule has 0 spiro atoms. The van der Waals surface area contributed by atoms with Crippen molar-refractivity contribution in [2.24, 2.45) is 0 Å². The van der Waals surface area contributed by atoms with Crippen molar-refractivity contribution in [1.82, 2.24) is 9.97 Å². The Balaban J connectivity index is 2.35. The highest BCUT2D eigenvalue weighted by Gasteiger charge is 2.07. The standard InChI is InChI=1S/C12H22N4OS/c1-3-17-12-10(13)11(15-9-16-12)14-7-5-4-6-8-18-2/h9H,3-8,13H2,1-2H3,(H,14,15,16). The number of thioether (sulfide) groups is 1. The Labute approximate surface area is 113 Å². The summed E-state index contributed by atoms with van der Waals surface area (Å²) in [5, 5.41) is 3.23. The second-order valence-corrected chi connectivity index (χ2v) is 4.84. The van der Waals surface area contributed by atoms with Gasteiger partial charge >= 0.3 is 0 Å². The Morgan fingerprint density at radius 2 is 2.17 bits per heavy atom. The zero-order valence-electron chi connectivity index (χ0n) is 11.1. The van der Waals surface area contributed by atoms with Crippen LogP contribution >= 0.6 is 11.8 Å². The molecule has 1 heterocycles. The molecule has 0 fully saturated rings. The van der Waals surface area contributed by atoms with Gasteiger partial charge in [0.05, 0.1) is 6.61 Å². The van der Waals surface area contributed by atoms with E-state index in [1.54, 1.807) is 0 Å². The van der Waals surface area contributed by atoms with Gasteiger partial charge in [-0.1, -0.05) is 6.42 Å². The molecule has 0 aliphatic carbocycles. The van der Waals surface area contributed by atoms with Crippen LogP contribution in [-0.2, 0) is 0 Å². The van der Waals surface area contributed by atoms with E-state index < -0.39 is 0 Å². The second kappa shape index (κ2) is 8.85. The van der Waals surface area contributed by atoms with Crippen molar-refractivity contribution in [1.29, 1.82) is 0 Å². The van der Waals surface area contributed by atoms with Crippen LogP contribution < -0.4 is 15.8 Å². The first-order chi connectivity index (χ1) is 8.79. The lowest BCUT2D eigenvalue weighted by molar-refractivity contribution is 0.328. The lowest BCUT2D eigenvalue weighted by Crippen LogP contribution is -2.09. The Bertz CT molecular complexity index is 349. The number of hydrogen-bond donors (Lipinski definition) is 2. The molecule has 0 aliphatic heterocycles. The van der Waals surface area contributed by atoms with Gasteiger partial charge in [-0.2, -0.15) is 16.7 Å². The number of nitrogens with one attached hydrogen (secondary N) is 1. The van der Waals surface area contributed by atoms with Crippen LogP contribution in [0, 0.1) is 0 Å². The van der Waals surface area contributed by atoms with Gasteiger partial charge in [-0.3, -0.25) is 0 Å². The first-order valence-corrected chi connectivity index (χ1v) is 7.65. The molecule has 18 heavy (non-hydrogen) atoms. The monoisotopic (exact) mass is 270 g/mol. The van der Waals surface area contributed by atoms with Gasteiger partial charge in [-0.05, 0) is 31.8 Å². The van der Waals surface area contributed by atoms with Crippen molar-refractivity contribution in [3.8, 4) is 5.88 Å². The molecule has 0 saturated carbocycles. The molecule has 0 saturated heterocycles. The van der Waals surface area contributed by atoms with Crippen LogP contribution in [0.25, 0.3) is 0 Å². The molecule has 0 atom stereocenters. The maximum atomic E-state index is 5.92. The number of aromatic nitrogens is 2. The number of anilines is 2. The predicted molar refractivity (Wildman–Crippen MR) is 78.3 cm³/mol. The minimum Gasteiger partial charge on any atom is -0.476 e. The number of rotatable bonds is 9. The van der Waals surface area contributed by atoms with Crippen LogP contribution in [0.3, 0.4) is 0 Å². The fourth-order valence-corrected chi connectivity index (χ4v) is 2.02. The normalized spacial score (nSPS) is 10.3. The lowest BCUT2D eigenvalue weighted by Gasteiger charge is -2.10. The Morgan fingerprint density at radius 1 is 1.33 bits per heavy atom. The van der Waals surface area contributed by atoms with E-state index in [0.29, 0.717) is 24.0 Å². The summed E-state index contributed by atoms with van der Waals surface area (Å²) in [6, 6.07) is 0. The third-order valence-electron chi connectivity index (χ3n) is 2.45. The van der Waals surface area contributed by atoms with Crippen molar-refractivity contribution in [2.75, 3.05) is 36.2 Å². The van der Waals surface area contributed by atoms with Crippen LogP contribution in [-0.4, -0.2) is 35.1 Å². The van der Waals surface area contributed by atoms with Gasteiger partial charge in [0.1, 0.15) is 12.0 Å². The molecule has 0 aliphatic rings. The van der Waals surface area contributed by atoms with Crippen LogP contribution in [0.4, 0.5) is 11.5 Å². The largest absolute Gasteiger partial charge is 0.476 e. The fraction of sp³-hybridized carbons (Fsp3) is 0.667.